The molecule has 0 saturated carbocycles. The highest BCUT2D eigenvalue weighted by molar-refractivity contribution is 5.87. The summed E-state index contributed by atoms with van der Waals surface area (Å²) in [5, 5.41) is 10.2. The zero-order valence-electron chi connectivity index (χ0n) is 18.4. The Hall–Kier alpha value is -4.02. The molecule has 1 N–H and O–H groups in total. The standard InChI is InChI=1S/C27H21F2N3O2/c1-34-27(33)23-13-20-18-8-2-3-11-22(18)31-25(20)26(19-9-5-10-21(28)24(19)29)32(23)15-17-7-4-6-16(12-17)14-30/h2-12,23,26,31H,13,15H2,1H3/t23-,26+/m0/s1. The van der Waals surface area contributed by atoms with E-state index in [9.17, 15) is 14.4 Å². The number of H-pyrrole nitrogens is 1. The maximum atomic E-state index is 15.2. The molecule has 4 aromatic rings. The van der Waals surface area contributed by atoms with Crippen LogP contribution in [-0.4, -0.2) is 29.0 Å². The highest BCUT2D eigenvalue weighted by atomic mass is 19.2. The van der Waals surface area contributed by atoms with E-state index in [1.807, 2.05) is 35.2 Å². The summed E-state index contributed by atoms with van der Waals surface area (Å²) in [6.45, 7) is 0.227. The summed E-state index contributed by atoms with van der Waals surface area (Å²) in [6, 6.07) is 19.4. The number of nitrogens with one attached hydrogen (secondary N) is 1. The number of halogens is 2. The Balaban J connectivity index is 1.74. The van der Waals surface area contributed by atoms with Crippen LogP contribution in [0.25, 0.3) is 10.9 Å². The van der Waals surface area contributed by atoms with Crippen molar-refractivity contribution in [3.8, 4) is 6.07 Å². The molecule has 0 aliphatic carbocycles. The van der Waals surface area contributed by atoms with E-state index in [2.05, 4.69) is 11.1 Å². The predicted molar refractivity (Wildman–Crippen MR) is 123 cm³/mol. The topological polar surface area (TPSA) is 69.1 Å². The first kappa shape index (κ1) is 21.8. The lowest BCUT2D eigenvalue weighted by atomic mass is 9.87. The molecule has 34 heavy (non-hydrogen) atoms. The lowest BCUT2D eigenvalue weighted by Crippen LogP contribution is -2.48. The van der Waals surface area contributed by atoms with Gasteiger partial charge in [-0.15, -0.1) is 0 Å². The number of nitriles is 1. The van der Waals surface area contributed by atoms with Gasteiger partial charge in [-0.25, -0.2) is 8.78 Å². The summed E-state index contributed by atoms with van der Waals surface area (Å²) in [4.78, 5) is 18.2. The summed E-state index contributed by atoms with van der Waals surface area (Å²) < 4.78 is 34.7. The van der Waals surface area contributed by atoms with Crippen LogP contribution in [0.4, 0.5) is 8.78 Å². The lowest BCUT2D eigenvalue weighted by Gasteiger charge is -2.41. The molecule has 170 valence electrons. The average molecular weight is 457 g/mol. The molecule has 3 aromatic carbocycles. The number of carbonyl (C=O) groups is 1. The first-order valence-electron chi connectivity index (χ1n) is 10.9. The molecule has 2 heterocycles. The minimum Gasteiger partial charge on any atom is -0.468 e. The minimum absolute atomic E-state index is 0.123. The number of aromatic nitrogens is 1. The van der Waals surface area contributed by atoms with Crippen molar-refractivity contribution >= 4 is 16.9 Å². The van der Waals surface area contributed by atoms with Crippen molar-refractivity contribution in [3.05, 3.63) is 106 Å². The first-order valence-corrected chi connectivity index (χ1v) is 10.9. The molecule has 1 aliphatic heterocycles. The second-order valence-corrected chi connectivity index (χ2v) is 8.34. The molecule has 1 aromatic heterocycles. The molecule has 0 fully saturated rings. The molecular formula is C27H21F2N3O2. The number of benzene rings is 3. The molecule has 5 nitrogen and oxygen atoms in total. The van der Waals surface area contributed by atoms with Crippen molar-refractivity contribution in [1.82, 2.24) is 9.88 Å². The van der Waals surface area contributed by atoms with Crippen molar-refractivity contribution in [2.45, 2.75) is 25.0 Å². The van der Waals surface area contributed by atoms with Crippen LogP contribution in [0.3, 0.4) is 0 Å². The number of para-hydroxylation sites is 1. The fourth-order valence-corrected chi connectivity index (χ4v) is 4.90. The van der Waals surface area contributed by atoms with Gasteiger partial charge >= 0.3 is 5.97 Å². The summed E-state index contributed by atoms with van der Waals surface area (Å²) in [5.74, 6) is -2.38. The van der Waals surface area contributed by atoms with Crippen LogP contribution in [0.1, 0.15) is 34.0 Å². The summed E-state index contributed by atoms with van der Waals surface area (Å²) in [5.41, 5.74) is 3.81. The van der Waals surface area contributed by atoms with Crippen LogP contribution in [0.2, 0.25) is 0 Å². The highest BCUT2D eigenvalue weighted by Gasteiger charge is 2.42. The predicted octanol–water partition coefficient (Wildman–Crippen LogP) is 5.01. The van der Waals surface area contributed by atoms with Gasteiger partial charge in [0.2, 0.25) is 0 Å². The van der Waals surface area contributed by atoms with E-state index in [0.717, 1.165) is 28.1 Å². The van der Waals surface area contributed by atoms with E-state index >= 15 is 4.39 Å². The van der Waals surface area contributed by atoms with Gasteiger partial charge in [0.1, 0.15) is 6.04 Å². The Morgan fingerprint density at radius 1 is 1.15 bits per heavy atom. The number of rotatable bonds is 4. The summed E-state index contributed by atoms with van der Waals surface area (Å²) in [7, 11) is 1.32. The van der Waals surface area contributed by atoms with E-state index in [-0.39, 0.29) is 12.1 Å². The summed E-state index contributed by atoms with van der Waals surface area (Å²) in [6.07, 6.45) is 0.345. The molecule has 5 rings (SSSR count). The molecule has 0 unspecified atom stereocenters. The minimum atomic E-state index is -0.960. The number of hydrogen-bond acceptors (Lipinski definition) is 4. The average Bonchev–Trinajstić information content (AvgIpc) is 3.23. The van der Waals surface area contributed by atoms with Crippen molar-refractivity contribution in [1.29, 1.82) is 5.26 Å². The van der Waals surface area contributed by atoms with Crippen molar-refractivity contribution in [3.63, 3.8) is 0 Å². The zero-order chi connectivity index (χ0) is 23.8. The van der Waals surface area contributed by atoms with Gasteiger partial charge in [-0.05, 0) is 35.4 Å². The van der Waals surface area contributed by atoms with Crippen LogP contribution < -0.4 is 0 Å². The van der Waals surface area contributed by atoms with Crippen LogP contribution in [0.5, 0.6) is 0 Å². The second-order valence-electron chi connectivity index (χ2n) is 8.34. The normalized spacial score (nSPS) is 17.8. The van der Waals surface area contributed by atoms with Gasteiger partial charge in [-0.1, -0.05) is 42.5 Å². The van der Waals surface area contributed by atoms with E-state index in [0.29, 0.717) is 17.7 Å². The number of fused-ring (bicyclic) bond motifs is 3. The third kappa shape index (κ3) is 3.62. The number of aromatic amines is 1. The van der Waals surface area contributed by atoms with Crippen LogP contribution in [0.15, 0.2) is 66.7 Å². The maximum absolute atomic E-state index is 15.2. The number of hydrogen-bond donors (Lipinski definition) is 1. The molecule has 0 amide bonds. The van der Waals surface area contributed by atoms with Gasteiger partial charge in [-0.2, -0.15) is 5.26 Å². The Morgan fingerprint density at radius 3 is 2.74 bits per heavy atom. The van der Waals surface area contributed by atoms with Gasteiger partial charge in [0.15, 0.2) is 11.6 Å². The number of nitrogens with zero attached hydrogens (tertiary/aromatic N) is 2. The van der Waals surface area contributed by atoms with Crippen molar-refractivity contribution in [2.24, 2.45) is 0 Å². The van der Waals surface area contributed by atoms with Gasteiger partial charge in [0.05, 0.1) is 24.8 Å². The molecule has 1 aliphatic rings. The third-order valence-corrected chi connectivity index (χ3v) is 6.42. The smallest absolute Gasteiger partial charge is 0.323 e. The van der Waals surface area contributed by atoms with Crippen LogP contribution >= 0.6 is 0 Å². The Bertz CT molecular complexity index is 1440. The largest absolute Gasteiger partial charge is 0.468 e. The van der Waals surface area contributed by atoms with E-state index in [4.69, 9.17) is 4.74 Å². The number of methoxy groups -OCH3 is 1. The van der Waals surface area contributed by atoms with Crippen LogP contribution in [0, 0.1) is 23.0 Å². The molecule has 0 spiro atoms. The highest BCUT2D eigenvalue weighted by Crippen LogP contribution is 2.42. The molecular weight excluding hydrogens is 436 g/mol. The first-order chi connectivity index (χ1) is 16.5. The molecule has 0 bridgehead atoms. The third-order valence-electron chi connectivity index (χ3n) is 6.42. The van der Waals surface area contributed by atoms with Crippen molar-refractivity contribution in [2.75, 3.05) is 7.11 Å². The fraction of sp³-hybridized carbons (Fsp3) is 0.185. The molecule has 7 heteroatoms. The maximum Gasteiger partial charge on any atom is 0.323 e. The fourth-order valence-electron chi connectivity index (χ4n) is 4.90. The Morgan fingerprint density at radius 2 is 1.94 bits per heavy atom. The number of ether oxygens (including phenoxy) is 1. The van der Waals surface area contributed by atoms with Crippen LogP contribution in [-0.2, 0) is 22.5 Å². The number of esters is 1. The van der Waals surface area contributed by atoms with Gasteiger partial charge < -0.3 is 9.72 Å². The molecule has 0 radical (unpaired) electrons. The van der Waals surface area contributed by atoms with E-state index in [1.165, 1.54) is 19.2 Å². The Kier molecular flexibility index (Phi) is 5.60. The van der Waals surface area contributed by atoms with Gasteiger partial charge in [0, 0.05) is 35.1 Å². The van der Waals surface area contributed by atoms with Gasteiger partial charge in [-0.3, -0.25) is 9.69 Å². The Labute approximate surface area is 195 Å². The molecule has 2 atom stereocenters. The monoisotopic (exact) mass is 457 g/mol. The molecule has 0 saturated heterocycles. The van der Waals surface area contributed by atoms with E-state index in [1.54, 1.807) is 18.2 Å². The van der Waals surface area contributed by atoms with Gasteiger partial charge in [0.25, 0.3) is 0 Å². The quantitative estimate of drug-likeness (QED) is 0.438. The number of carbonyl (C=O) groups excluding carboxylic acids is 1. The van der Waals surface area contributed by atoms with Crippen molar-refractivity contribution < 1.29 is 18.3 Å². The zero-order valence-corrected chi connectivity index (χ0v) is 18.4. The second kappa shape index (κ2) is 8.73. The lowest BCUT2D eigenvalue weighted by molar-refractivity contribution is -0.148. The van der Waals surface area contributed by atoms with E-state index < -0.39 is 29.7 Å². The summed E-state index contributed by atoms with van der Waals surface area (Å²) >= 11 is 0. The SMILES string of the molecule is COC(=O)[C@@H]1Cc2c([nH]c3ccccc23)[C@@H](c2cccc(F)c2F)N1Cc1cccc(C#N)c1.